The van der Waals surface area contributed by atoms with Gasteiger partial charge in [0.2, 0.25) is 5.88 Å². The second kappa shape index (κ2) is 8.63. The maximum Gasteiger partial charge on any atom is 0.279 e. The standard InChI is InChI=1S/C28H24ClN3O2S/c1-14-8-15(2)11-19(10-14)30-28-32(20-12-16(3)9-17(4)13-20)27(34)25(35-28)23-21-6-7-22(29)18(5)24(21)31-26(23)33/h6-13,34H,1-5H3. The largest absolute Gasteiger partial charge is 0.493 e. The van der Waals surface area contributed by atoms with Gasteiger partial charge in [0.25, 0.3) is 5.91 Å². The van der Waals surface area contributed by atoms with Crippen LogP contribution >= 0.6 is 22.9 Å². The number of halogens is 1. The number of carbonyl (C=O) groups is 1. The van der Waals surface area contributed by atoms with Gasteiger partial charge >= 0.3 is 0 Å². The highest BCUT2D eigenvalue weighted by molar-refractivity contribution is 7.11. The first-order valence-electron chi connectivity index (χ1n) is 11.2. The molecule has 5 rings (SSSR count). The van der Waals surface area contributed by atoms with Crippen LogP contribution in [0.15, 0.2) is 58.5 Å². The van der Waals surface area contributed by atoms with Gasteiger partial charge in [0.05, 0.1) is 22.3 Å². The lowest BCUT2D eigenvalue weighted by molar-refractivity contribution is -0.112. The summed E-state index contributed by atoms with van der Waals surface area (Å²) in [4.78, 5) is 23.2. The van der Waals surface area contributed by atoms with Crippen LogP contribution in [0.4, 0.5) is 5.69 Å². The molecule has 0 atom stereocenters. The Labute approximate surface area is 212 Å². The van der Waals surface area contributed by atoms with Gasteiger partial charge in [-0.15, -0.1) is 0 Å². The molecule has 0 saturated carbocycles. The number of fused-ring (bicyclic) bond motifs is 1. The molecule has 176 valence electrons. The quantitative estimate of drug-likeness (QED) is 0.428. The van der Waals surface area contributed by atoms with Crippen molar-refractivity contribution < 1.29 is 9.90 Å². The van der Waals surface area contributed by atoms with E-state index in [1.807, 2.05) is 58.9 Å². The van der Waals surface area contributed by atoms with Gasteiger partial charge in [0.15, 0.2) is 4.80 Å². The first-order valence-corrected chi connectivity index (χ1v) is 12.4. The van der Waals surface area contributed by atoms with Crippen LogP contribution in [-0.2, 0) is 4.79 Å². The van der Waals surface area contributed by atoms with Gasteiger partial charge < -0.3 is 5.11 Å². The molecule has 5 nitrogen and oxygen atoms in total. The van der Waals surface area contributed by atoms with Gasteiger partial charge in [-0.2, -0.15) is 0 Å². The first kappa shape index (κ1) is 23.3. The third-order valence-electron chi connectivity index (χ3n) is 5.98. The van der Waals surface area contributed by atoms with Crippen molar-refractivity contribution in [2.75, 3.05) is 0 Å². The molecular formula is C28H24ClN3O2S. The minimum absolute atomic E-state index is 0.0397. The van der Waals surface area contributed by atoms with Crippen molar-refractivity contribution >= 4 is 40.1 Å². The maximum atomic E-state index is 13.1. The molecule has 4 aromatic rings. The monoisotopic (exact) mass is 501 g/mol. The smallest absolute Gasteiger partial charge is 0.279 e. The predicted octanol–water partition coefficient (Wildman–Crippen LogP) is 5.03. The lowest BCUT2D eigenvalue weighted by Crippen LogP contribution is -2.26. The average Bonchev–Trinajstić information content (AvgIpc) is 3.25. The minimum Gasteiger partial charge on any atom is -0.493 e. The van der Waals surface area contributed by atoms with Crippen molar-refractivity contribution in [1.29, 1.82) is 0 Å². The number of carbonyl (C=O) groups excluding carboxylic acids is 1. The summed E-state index contributed by atoms with van der Waals surface area (Å²) in [5, 5.41) is 13.3. The first-order chi connectivity index (χ1) is 16.6. The summed E-state index contributed by atoms with van der Waals surface area (Å²) in [6, 6.07) is 15.7. The Morgan fingerprint density at radius 3 is 2.14 bits per heavy atom. The number of hydrogen-bond donors (Lipinski definition) is 1. The van der Waals surface area contributed by atoms with E-state index in [-0.39, 0.29) is 5.88 Å². The molecule has 0 spiro atoms. The summed E-state index contributed by atoms with van der Waals surface area (Å²) in [7, 11) is 0. The van der Waals surface area contributed by atoms with Crippen LogP contribution in [0, 0.1) is 34.6 Å². The summed E-state index contributed by atoms with van der Waals surface area (Å²) in [5.74, 6) is -0.436. The van der Waals surface area contributed by atoms with Gasteiger partial charge in [0, 0.05) is 10.2 Å². The molecule has 3 aromatic carbocycles. The second-order valence-corrected chi connectivity index (χ2v) is 10.4. The Kier molecular flexibility index (Phi) is 5.74. The Bertz CT molecular complexity index is 1700. The minimum atomic E-state index is -0.396. The van der Waals surface area contributed by atoms with Crippen molar-refractivity contribution in [1.82, 2.24) is 4.57 Å². The molecule has 1 N–H and O–H groups in total. The number of benzene rings is 3. The number of hydrogen-bond acceptors (Lipinski definition) is 4. The van der Waals surface area contributed by atoms with Crippen molar-refractivity contribution in [3.05, 3.63) is 102 Å². The van der Waals surface area contributed by atoms with Crippen LogP contribution in [0.1, 0.15) is 32.7 Å². The fraction of sp³-hybridized carbons (Fsp3) is 0.179. The number of thiazole rings is 1. The van der Waals surface area contributed by atoms with Crippen molar-refractivity contribution in [2.24, 2.45) is 9.98 Å². The van der Waals surface area contributed by atoms with E-state index >= 15 is 0 Å². The zero-order valence-corrected chi connectivity index (χ0v) is 21.7. The third kappa shape index (κ3) is 4.13. The van der Waals surface area contributed by atoms with E-state index in [0.29, 0.717) is 30.9 Å². The fourth-order valence-corrected chi connectivity index (χ4v) is 5.81. The highest BCUT2D eigenvalue weighted by atomic mass is 35.5. The van der Waals surface area contributed by atoms with E-state index < -0.39 is 5.91 Å². The zero-order valence-electron chi connectivity index (χ0n) is 20.1. The highest BCUT2D eigenvalue weighted by Gasteiger charge is 2.27. The lowest BCUT2D eigenvalue weighted by atomic mass is 10.1. The van der Waals surface area contributed by atoms with Gasteiger partial charge in [-0.1, -0.05) is 41.1 Å². The van der Waals surface area contributed by atoms with Crippen LogP contribution in [0.3, 0.4) is 0 Å². The Morgan fingerprint density at radius 1 is 0.914 bits per heavy atom. The molecule has 2 heterocycles. The summed E-state index contributed by atoms with van der Waals surface area (Å²) in [6.45, 7) is 9.92. The SMILES string of the molecule is Cc1cc(C)cc(N=c2sc(C3=c4ccc(Cl)c(C)c4=NC3=O)c(O)n2-c2cc(C)cc(C)c2)c1. The molecule has 0 saturated heterocycles. The van der Waals surface area contributed by atoms with Gasteiger partial charge in [0.1, 0.15) is 4.88 Å². The van der Waals surface area contributed by atoms with Crippen LogP contribution in [0.2, 0.25) is 5.02 Å². The van der Waals surface area contributed by atoms with Crippen LogP contribution in [-0.4, -0.2) is 15.6 Å². The summed E-state index contributed by atoms with van der Waals surface area (Å²) < 4.78 is 1.71. The molecular weight excluding hydrogens is 478 g/mol. The molecule has 1 aromatic heterocycles. The number of aryl methyl sites for hydroxylation is 4. The Balaban J connectivity index is 1.87. The molecule has 0 aliphatic carbocycles. The van der Waals surface area contributed by atoms with E-state index in [9.17, 15) is 9.90 Å². The molecule has 35 heavy (non-hydrogen) atoms. The van der Waals surface area contributed by atoms with Gasteiger partial charge in [-0.25, -0.2) is 9.98 Å². The van der Waals surface area contributed by atoms with Crippen LogP contribution in [0.5, 0.6) is 5.88 Å². The molecule has 0 bridgehead atoms. The van der Waals surface area contributed by atoms with E-state index in [1.54, 1.807) is 16.7 Å². The Hall–Kier alpha value is -3.48. The van der Waals surface area contributed by atoms with Crippen molar-refractivity contribution in [3.63, 3.8) is 0 Å². The molecule has 1 aliphatic rings. The molecule has 0 unspecified atom stereocenters. The van der Waals surface area contributed by atoms with Crippen molar-refractivity contribution in [2.45, 2.75) is 34.6 Å². The molecule has 7 heteroatoms. The Morgan fingerprint density at radius 2 is 1.51 bits per heavy atom. The zero-order chi connectivity index (χ0) is 25.0. The van der Waals surface area contributed by atoms with E-state index in [4.69, 9.17) is 16.6 Å². The number of rotatable bonds is 3. The summed E-state index contributed by atoms with van der Waals surface area (Å²) in [5.41, 5.74) is 6.99. The lowest BCUT2D eigenvalue weighted by Gasteiger charge is -2.09. The number of nitrogens with zero attached hydrogens (tertiary/aromatic N) is 3. The normalized spacial score (nSPS) is 13.4. The number of aromatic hydroxyl groups is 1. The molecule has 1 amide bonds. The molecule has 0 radical (unpaired) electrons. The fourth-order valence-electron chi connectivity index (χ4n) is 4.56. The summed E-state index contributed by atoms with van der Waals surface area (Å²) >= 11 is 7.54. The van der Waals surface area contributed by atoms with Crippen molar-refractivity contribution in [3.8, 4) is 11.6 Å². The third-order valence-corrected chi connectivity index (χ3v) is 7.44. The van der Waals surface area contributed by atoms with Crippen LogP contribution in [0.25, 0.3) is 11.3 Å². The van der Waals surface area contributed by atoms with Crippen LogP contribution < -0.4 is 15.4 Å². The molecule has 0 fully saturated rings. The summed E-state index contributed by atoms with van der Waals surface area (Å²) in [6.07, 6.45) is 0. The predicted molar refractivity (Wildman–Crippen MR) is 140 cm³/mol. The van der Waals surface area contributed by atoms with E-state index in [2.05, 4.69) is 17.1 Å². The topological polar surface area (TPSA) is 66.9 Å². The van der Waals surface area contributed by atoms with E-state index in [1.165, 1.54) is 11.3 Å². The highest BCUT2D eigenvalue weighted by Crippen LogP contribution is 2.32. The van der Waals surface area contributed by atoms with E-state index in [0.717, 1.165) is 39.2 Å². The maximum absolute atomic E-state index is 13.1. The number of amides is 1. The second-order valence-electron chi connectivity index (χ2n) is 9.04. The average molecular weight is 502 g/mol. The molecule has 1 aliphatic heterocycles. The van der Waals surface area contributed by atoms with Gasteiger partial charge in [-0.3, -0.25) is 9.36 Å². The number of aromatic nitrogens is 1. The van der Waals surface area contributed by atoms with Gasteiger partial charge in [-0.05, 0) is 92.8 Å².